The molecular weight excluding hydrogens is 367 g/mol. The maximum atomic E-state index is 12.8. The van der Waals surface area contributed by atoms with E-state index >= 15 is 0 Å². The number of urea groups is 1. The molecule has 0 atom stereocenters. The zero-order valence-corrected chi connectivity index (χ0v) is 15.2. The van der Waals surface area contributed by atoms with Crippen LogP contribution in [0.5, 0.6) is 17.5 Å². The Morgan fingerprint density at radius 1 is 1.14 bits per heavy atom. The highest BCUT2D eigenvalue weighted by Crippen LogP contribution is 2.32. The SMILES string of the molecule is O=C(NCc1ccc2c(c1)OCO2)NC1CCC(Oc2ncc(F)cn2)CC1. The van der Waals surface area contributed by atoms with Gasteiger partial charge in [0.2, 0.25) is 6.79 Å². The highest BCUT2D eigenvalue weighted by Gasteiger charge is 2.24. The van der Waals surface area contributed by atoms with Gasteiger partial charge in [0.15, 0.2) is 17.3 Å². The summed E-state index contributed by atoms with van der Waals surface area (Å²) in [6.07, 6.45) is 5.27. The number of hydrogen-bond donors (Lipinski definition) is 2. The summed E-state index contributed by atoms with van der Waals surface area (Å²) in [6, 6.07) is 5.66. The van der Waals surface area contributed by atoms with Crippen LogP contribution in [0.2, 0.25) is 0 Å². The topological polar surface area (TPSA) is 94.6 Å². The van der Waals surface area contributed by atoms with Gasteiger partial charge in [-0.05, 0) is 43.4 Å². The molecule has 2 N–H and O–H groups in total. The first-order valence-electron chi connectivity index (χ1n) is 9.23. The Labute approximate surface area is 161 Å². The minimum Gasteiger partial charge on any atom is -0.460 e. The molecule has 2 amide bonds. The Morgan fingerprint density at radius 3 is 2.68 bits per heavy atom. The maximum absolute atomic E-state index is 12.8. The van der Waals surface area contributed by atoms with Gasteiger partial charge in [-0.15, -0.1) is 0 Å². The number of amides is 2. The number of fused-ring (bicyclic) bond motifs is 1. The molecule has 0 bridgehead atoms. The van der Waals surface area contributed by atoms with Gasteiger partial charge in [-0.25, -0.2) is 19.2 Å². The predicted molar refractivity (Wildman–Crippen MR) is 96.6 cm³/mol. The zero-order valence-electron chi connectivity index (χ0n) is 15.2. The second kappa shape index (κ2) is 8.28. The van der Waals surface area contributed by atoms with Gasteiger partial charge in [-0.2, -0.15) is 0 Å². The molecule has 0 spiro atoms. The van der Waals surface area contributed by atoms with Crippen LogP contribution in [-0.4, -0.2) is 34.9 Å². The lowest BCUT2D eigenvalue weighted by Gasteiger charge is -2.28. The van der Waals surface area contributed by atoms with Gasteiger partial charge in [-0.1, -0.05) is 6.07 Å². The van der Waals surface area contributed by atoms with Gasteiger partial charge >= 0.3 is 12.0 Å². The van der Waals surface area contributed by atoms with E-state index in [1.807, 2.05) is 18.2 Å². The number of hydrogen-bond acceptors (Lipinski definition) is 6. The fourth-order valence-electron chi connectivity index (χ4n) is 3.31. The molecular formula is C19H21FN4O4. The van der Waals surface area contributed by atoms with Crippen molar-refractivity contribution in [2.75, 3.05) is 6.79 Å². The maximum Gasteiger partial charge on any atom is 0.316 e. The summed E-state index contributed by atoms with van der Waals surface area (Å²) in [6.45, 7) is 0.634. The van der Waals surface area contributed by atoms with Gasteiger partial charge < -0.3 is 24.8 Å². The fraction of sp³-hybridized carbons (Fsp3) is 0.421. The molecule has 28 heavy (non-hydrogen) atoms. The van der Waals surface area contributed by atoms with E-state index in [-0.39, 0.29) is 31.0 Å². The second-order valence-corrected chi connectivity index (χ2v) is 6.79. The molecule has 0 saturated heterocycles. The monoisotopic (exact) mass is 388 g/mol. The van der Waals surface area contributed by atoms with Crippen molar-refractivity contribution in [2.45, 2.75) is 44.4 Å². The number of benzene rings is 1. The average Bonchev–Trinajstić information content (AvgIpc) is 3.17. The van der Waals surface area contributed by atoms with Crippen molar-refractivity contribution in [3.63, 3.8) is 0 Å². The summed E-state index contributed by atoms with van der Waals surface area (Å²) in [7, 11) is 0. The minimum atomic E-state index is -0.494. The summed E-state index contributed by atoms with van der Waals surface area (Å²) >= 11 is 0. The molecule has 0 unspecified atom stereocenters. The largest absolute Gasteiger partial charge is 0.460 e. The molecule has 2 heterocycles. The normalized spacial score (nSPS) is 20.5. The van der Waals surface area contributed by atoms with Crippen molar-refractivity contribution >= 4 is 6.03 Å². The Kier molecular flexibility index (Phi) is 5.41. The highest BCUT2D eigenvalue weighted by molar-refractivity contribution is 5.74. The van der Waals surface area contributed by atoms with E-state index in [0.717, 1.165) is 49.4 Å². The summed E-state index contributed by atoms with van der Waals surface area (Å²) in [5.74, 6) is 0.924. The van der Waals surface area contributed by atoms with E-state index in [9.17, 15) is 9.18 Å². The standard InChI is InChI=1S/C19H21FN4O4/c20-13-9-22-19(23-10-13)28-15-4-2-14(3-5-15)24-18(25)21-8-12-1-6-16-17(7-12)27-11-26-16/h1,6-7,9-10,14-15H,2-5,8,11H2,(H2,21,24,25). The summed E-state index contributed by atoms with van der Waals surface area (Å²) in [4.78, 5) is 19.8. The van der Waals surface area contributed by atoms with Gasteiger partial charge in [0.05, 0.1) is 12.4 Å². The summed E-state index contributed by atoms with van der Waals surface area (Å²) < 4.78 is 29.1. The Hall–Kier alpha value is -3.10. The van der Waals surface area contributed by atoms with E-state index in [1.165, 1.54) is 0 Å². The third-order valence-electron chi connectivity index (χ3n) is 4.77. The molecule has 2 aromatic rings. The van der Waals surface area contributed by atoms with Crippen LogP contribution in [0.3, 0.4) is 0 Å². The van der Waals surface area contributed by atoms with Crippen LogP contribution in [0.4, 0.5) is 9.18 Å². The molecule has 1 saturated carbocycles. The highest BCUT2D eigenvalue weighted by atomic mass is 19.1. The van der Waals surface area contributed by atoms with Crippen molar-refractivity contribution < 1.29 is 23.4 Å². The van der Waals surface area contributed by atoms with Crippen LogP contribution in [0.15, 0.2) is 30.6 Å². The molecule has 4 rings (SSSR count). The molecule has 1 aromatic heterocycles. The minimum absolute atomic E-state index is 0.0276. The third-order valence-corrected chi connectivity index (χ3v) is 4.77. The number of carbonyl (C=O) groups excluding carboxylic acids is 1. The molecule has 0 radical (unpaired) electrons. The molecule has 2 aliphatic rings. The average molecular weight is 388 g/mol. The van der Waals surface area contributed by atoms with Gasteiger partial charge in [-0.3, -0.25) is 0 Å². The quantitative estimate of drug-likeness (QED) is 0.817. The zero-order chi connectivity index (χ0) is 19.3. The summed E-state index contributed by atoms with van der Waals surface area (Å²) in [5, 5.41) is 5.85. The molecule has 1 aromatic carbocycles. The van der Waals surface area contributed by atoms with Crippen molar-refractivity contribution in [3.05, 3.63) is 42.0 Å². The van der Waals surface area contributed by atoms with Crippen molar-refractivity contribution in [2.24, 2.45) is 0 Å². The molecule has 8 nitrogen and oxygen atoms in total. The third kappa shape index (κ3) is 4.59. The fourth-order valence-corrected chi connectivity index (χ4v) is 3.31. The number of rotatable bonds is 5. The predicted octanol–water partition coefficient (Wildman–Crippen LogP) is 2.53. The first-order valence-corrected chi connectivity index (χ1v) is 9.23. The molecule has 148 valence electrons. The van der Waals surface area contributed by atoms with Crippen LogP contribution in [0.1, 0.15) is 31.2 Å². The Morgan fingerprint density at radius 2 is 1.89 bits per heavy atom. The number of carbonyl (C=O) groups is 1. The van der Waals surface area contributed by atoms with Crippen LogP contribution in [0, 0.1) is 5.82 Å². The number of halogens is 1. The van der Waals surface area contributed by atoms with Crippen LogP contribution in [-0.2, 0) is 6.54 Å². The van der Waals surface area contributed by atoms with Crippen LogP contribution in [0.25, 0.3) is 0 Å². The van der Waals surface area contributed by atoms with Gasteiger partial charge in [0.25, 0.3) is 0 Å². The molecule has 1 aliphatic heterocycles. The Balaban J connectivity index is 1.18. The lowest BCUT2D eigenvalue weighted by atomic mass is 9.93. The smallest absolute Gasteiger partial charge is 0.316 e. The van der Waals surface area contributed by atoms with E-state index in [4.69, 9.17) is 14.2 Å². The van der Waals surface area contributed by atoms with Crippen molar-refractivity contribution in [1.29, 1.82) is 0 Å². The molecule has 1 fully saturated rings. The molecule has 1 aliphatic carbocycles. The van der Waals surface area contributed by atoms with Crippen LogP contribution < -0.4 is 24.8 Å². The van der Waals surface area contributed by atoms with E-state index in [0.29, 0.717) is 12.3 Å². The molecule has 9 heteroatoms. The number of aromatic nitrogens is 2. The van der Waals surface area contributed by atoms with E-state index < -0.39 is 5.82 Å². The van der Waals surface area contributed by atoms with Crippen molar-refractivity contribution in [1.82, 2.24) is 20.6 Å². The van der Waals surface area contributed by atoms with E-state index in [1.54, 1.807) is 0 Å². The number of nitrogens with one attached hydrogen (secondary N) is 2. The first kappa shape index (κ1) is 18.3. The lowest BCUT2D eigenvalue weighted by molar-refractivity contribution is 0.128. The number of nitrogens with zero attached hydrogens (tertiary/aromatic N) is 2. The second-order valence-electron chi connectivity index (χ2n) is 6.79. The van der Waals surface area contributed by atoms with E-state index in [2.05, 4.69) is 20.6 Å². The number of ether oxygens (including phenoxy) is 3. The van der Waals surface area contributed by atoms with Crippen molar-refractivity contribution in [3.8, 4) is 17.5 Å². The Bertz CT molecular complexity index is 825. The summed E-state index contributed by atoms with van der Waals surface area (Å²) in [5.41, 5.74) is 0.941. The van der Waals surface area contributed by atoms with Gasteiger partial charge in [0, 0.05) is 12.6 Å². The lowest BCUT2D eigenvalue weighted by Crippen LogP contribution is -2.44. The van der Waals surface area contributed by atoms with Crippen LogP contribution >= 0.6 is 0 Å². The van der Waals surface area contributed by atoms with Gasteiger partial charge in [0.1, 0.15) is 6.10 Å². The first-order chi connectivity index (χ1) is 13.7.